The standard InChI is InChI=1S/C17H15BrN2O2S/c1-22-16-7-4-13(8-15(16)18)10-23-11-17(21)20-14-5-2-12(9-19)3-6-14/h2-8H,10-11H2,1H3,(H,20,21). The number of halogens is 1. The molecule has 0 heterocycles. The SMILES string of the molecule is COc1ccc(CSCC(=O)Nc2ccc(C#N)cc2)cc1Br. The predicted molar refractivity (Wildman–Crippen MR) is 96.6 cm³/mol. The van der Waals surface area contributed by atoms with Gasteiger partial charge in [0.05, 0.1) is 29.0 Å². The van der Waals surface area contributed by atoms with Gasteiger partial charge in [0.15, 0.2) is 0 Å². The van der Waals surface area contributed by atoms with Crippen molar-refractivity contribution in [3.63, 3.8) is 0 Å². The first-order chi connectivity index (χ1) is 11.1. The Morgan fingerprint density at radius 3 is 2.65 bits per heavy atom. The number of hydrogen-bond acceptors (Lipinski definition) is 4. The molecule has 0 aliphatic carbocycles. The third kappa shape index (κ3) is 5.31. The van der Waals surface area contributed by atoms with Crippen molar-refractivity contribution in [2.45, 2.75) is 5.75 Å². The average Bonchev–Trinajstić information content (AvgIpc) is 2.56. The highest BCUT2D eigenvalue weighted by molar-refractivity contribution is 9.10. The minimum atomic E-state index is -0.0627. The summed E-state index contributed by atoms with van der Waals surface area (Å²) in [6, 6.07) is 14.7. The van der Waals surface area contributed by atoms with E-state index >= 15 is 0 Å². The van der Waals surface area contributed by atoms with Crippen molar-refractivity contribution in [2.24, 2.45) is 0 Å². The number of carbonyl (C=O) groups is 1. The van der Waals surface area contributed by atoms with E-state index in [1.54, 1.807) is 31.4 Å². The van der Waals surface area contributed by atoms with Crippen LogP contribution in [0.5, 0.6) is 5.75 Å². The topological polar surface area (TPSA) is 62.1 Å². The molecular formula is C17H15BrN2O2S. The molecule has 4 nitrogen and oxygen atoms in total. The normalized spacial score (nSPS) is 9.96. The molecular weight excluding hydrogens is 376 g/mol. The number of anilines is 1. The molecule has 0 bridgehead atoms. The smallest absolute Gasteiger partial charge is 0.234 e. The number of methoxy groups -OCH3 is 1. The number of ether oxygens (including phenoxy) is 1. The van der Waals surface area contributed by atoms with Crippen LogP contribution in [0.1, 0.15) is 11.1 Å². The van der Waals surface area contributed by atoms with Crippen molar-refractivity contribution in [1.82, 2.24) is 0 Å². The molecule has 0 unspecified atom stereocenters. The van der Waals surface area contributed by atoms with Crippen LogP contribution in [0.2, 0.25) is 0 Å². The van der Waals surface area contributed by atoms with Crippen LogP contribution in [-0.2, 0) is 10.5 Å². The molecule has 2 aromatic carbocycles. The molecule has 118 valence electrons. The second-order valence-electron chi connectivity index (χ2n) is 4.70. The minimum Gasteiger partial charge on any atom is -0.496 e. The maximum Gasteiger partial charge on any atom is 0.234 e. The van der Waals surface area contributed by atoms with E-state index in [0.717, 1.165) is 21.5 Å². The zero-order valence-electron chi connectivity index (χ0n) is 12.5. The average molecular weight is 391 g/mol. The lowest BCUT2D eigenvalue weighted by Crippen LogP contribution is -2.14. The molecule has 0 aromatic heterocycles. The minimum absolute atomic E-state index is 0.0627. The van der Waals surface area contributed by atoms with E-state index in [0.29, 0.717) is 17.0 Å². The predicted octanol–water partition coefficient (Wildman–Crippen LogP) is 4.20. The van der Waals surface area contributed by atoms with E-state index in [1.165, 1.54) is 11.8 Å². The van der Waals surface area contributed by atoms with Gasteiger partial charge in [0.25, 0.3) is 0 Å². The Morgan fingerprint density at radius 1 is 1.30 bits per heavy atom. The van der Waals surface area contributed by atoms with Gasteiger partial charge in [-0.25, -0.2) is 0 Å². The van der Waals surface area contributed by atoms with Crippen LogP contribution in [0.15, 0.2) is 46.9 Å². The summed E-state index contributed by atoms with van der Waals surface area (Å²) in [5, 5.41) is 11.5. The van der Waals surface area contributed by atoms with Crippen LogP contribution in [-0.4, -0.2) is 18.8 Å². The van der Waals surface area contributed by atoms with Gasteiger partial charge in [0.1, 0.15) is 5.75 Å². The lowest BCUT2D eigenvalue weighted by Gasteiger charge is -2.07. The maximum atomic E-state index is 11.9. The Bertz CT molecular complexity index is 726. The summed E-state index contributed by atoms with van der Waals surface area (Å²) in [6.45, 7) is 0. The molecule has 0 fully saturated rings. The number of nitrogens with zero attached hydrogens (tertiary/aromatic N) is 1. The summed E-state index contributed by atoms with van der Waals surface area (Å²) in [4.78, 5) is 11.9. The highest BCUT2D eigenvalue weighted by atomic mass is 79.9. The zero-order chi connectivity index (χ0) is 16.7. The molecule has 0 aliphatic rings. The van der Waals surface area contributed by atoms with Gasteiger partial charge in [-0.3, -0.25) is 4.79 Å². The molecule has 2 aromatic rings. The van der Waals surface area contributed by atoms with E-state index in [-0.39, 0.29) is 5.91 Å². The Kier molecular flexibility index (Phi) is 6.51. The van der Waals surface area contributed by atoms with Gasteiger partial charge in [-0.05, 0) is 57.9 Å². The van der Waals surface area contributed by atoms with Crippen LogP contribution in [0.25, 0.3) is 0 Å². The van der Waals surface area contributed by atoms with Crippen molar-refractivity contribution >= 4 is 39.3 Å². The highest BCUT2D eigenvalue weighted by Crippen LogP contribution is 2.27. The third-order valence-electron chi connectivity index (χ3n) is 3.02. The van der Waals surface area contributed by atoms with Gasteiger partial charge in [-0.2, -0.15) is 5.26 Å². The fourth-order valence-corrected chi connectivity index (χ4v) is 3.25. The van der Waals surface area contributed by atoms with Gasteiger partial charge in [-0.15, -0.1) is 11.8 Å². The summed E-state index contributed by atoms with van der Waals surface area (Å²) in [7, 11) is 1.63. The first-order valence-electron chi connectivity index (χ1n) is 6.82. The molecule has 2 rings (SSSR count). The molecule has 1 amide bonds. The van der Waals surface area contributed by atoms with Crippen molar-refractivity contribution in [3.8, 4) is 11.8 Å². The van der Waals surface area contributed by atoms with Crippen LogP contribution in [0.4, 0.5) is 5.69 Å². The number of hydrogen-bond donors (Lipinski definition) is 1. The largest absolute Gasteiger partial charge is 0.496 e. The van der Waals surface area contributed by atoms with Gasteiger partial charge in [-0.1, -0.05) is 6.07 Å². The van der Waals surface area contributed by atoms with Gasteiger partial charge >= 0.3 is 0 Å². The van der Waals surface area contributed by atoms with Crippen LogP contribution in [0.3, 0.4) is 0 Å². The zero-order valence-corrected chi connectivity index (χ0v) is 14.9. The van der Waals surface area contributed by atoms with Crippen LogP contribution in [0, 0.1) is 11.3 Å². The number of benzene rings is 2. The van der Waals surface area contributed by atoms with Gasteiger partial charge in [0.2, 0.25) is 5.91 Å². The molecule has 0 saturated carbocycles. The monoisotopic (exact) mass is 390 g/mol. The summed E-state index contributed by atoms with van der Waals surface area (Å²) >= 11 is 4.99. The van der Waals surface area contributed by atoms with Crippen LogP contribution < -0.4 is 10.1 Å². The van der Waals surface area contributed by atoms with E-state index in [2.05, 4.69) is 21.2 Å². The summed E-state index contributed by atoms with van der Waals surface area (Å²) in [6.07, 6.45) is 0. The molecule has 0 saturated heterocycles. The lowest BCUT2D eigenvalue weighted by molar-refractivity contribution is -0.113. The van der Waals surface area contributed by atoms with Gasteiger partial charge in [0, 0.05) is 11.4 Å². The summed E-state index contributed by atoms with van der Waals surface area (Å²) < 4.78 is 6.09. The van der Waals surface area contributed by atoms with Crippen molar-refractivity contribution < 1.29 is 9.53 Å². The first kappa shape index (κ1) is 17.4. The third-order valence-corrected chi connectivity index (χ3v) is 4.64. The quantitative estimate of drug-likeness (QED) is 0.802. The fraction of sp³-hybridized carbons (Fsp3) is 0.176. The summed E-state index contributed by atoms with van der Waals surface area (Å²) in [5.74, 6) is 1.83. The Hall–Kier alpha value is -1.97. The number of rotatable bonds is 6. The number of nitriles is 1. The highest BCUT2D eigenvalue weighted by Gasteiger charge is 2.05. The van der Waals surface area contributed by atoms with E-state index < -0.39 is 0 Å². The molecule has 0 aliphatic heterocycles. The summed E-state index contributed by atoms with van der Waals surface area (Å²) in [5.41, 5.74) is 2.39. The second-order valence-corrected chi connectivity index (χ2v) is 6.54. The molecule has 0 spiro atoms. The number of thioether (sulfide) groups is 1. The molecule has 1 N–H and O–H groups in total. The molecule has 23 heavy (non-hydrogen) atoms. The maximum absolute atomic E-state index is 11.9. The Labute approximate surface area is 148 Å². The number of amides is 1. The second kappa shape index (κ2) is 8.61. The number of nitrogens with one attached hydrogen (secondary N) is 1. The fourth-order valence-electron chi connectivity index (χ4n) is 1.89. The van der Waals surface area contributed by atoms with E-state index in [4.69, 9.17) is 10.00 Å². The molecule has 0 atom stereocenters. The Balaban J connectivity index is 1.80. The molecule has 6 heteroatoms. The van der Waals surface area contributed by atoms with Gasteiger partial charge < -0.3 is 10.1 Å². The Morgan fingerprint density at radius 2 is 2.04 bits per heavy atom. The molecule has 0 radical (unpaired) electrons. The van der Waals surface area contributed by atoms with E-state index in [1.807, 2.05) is 24.3 Å². The van der Waals surface area contributed by atoms with Crippen LogP contribution >= 0.6 is 27.7 Å². The number of carbonyl (C=O) groups excluding carboxylic acids is 1. The van der Waals surface area contributed by atoms with Crippen molar-refractivity contribution in [2.75, 3.05) is 18.2 Å². The van der Waals surface area contributed by atoms with Crippen molar-refractivity contribution in [3.05, 3.63) is 58.1 Å². The first-order valence-corrected chi connectivity index (χ1v) is 8.77. The van der Waals surface area contributed by atoms with Crippen molar-refractivity contribution in [1.29, 1.82) is 5.26 Å². The van der Waals surface area contributed by atoms with E-state index in [9.17, 15) is 4.79 Å². The lowest BCUT2D eigenvalue weighted by atomic mass is 10.2.